The number of nitrogens with one attached hydrogen (secondary N) is 1. The van der Waals surface area contributed by atoms with Gasteiger partial charge >= 0.3 is 0 Å². The minimum Gasteiger partial charge on any atom is -0.273 e. The van der Waals surface area contributed by atoms with Crippen LogP contribution in [0.1, 0.15) is 29.8 Å². The maximum absolute atomic E-state index is 5.61. The van der Waals surface area contributed by atoms with Crippen LogP contribution in [0.15, 0.2) is 30.7 Å². The molecule has 0 aliphatic carbocycles. The van der Waals surface area contributed by atoms with Gasteiger partial charge in [-0.25, -0.2) is 5.43 Å². The van der Waals surface area contributed by atoms with Crippen molar-refractivity contribution in [3.63, 3.8) is 0 Å². The van der Waals surface area contributed by atoms with Crippen molar-refractivity contribution in [3.05, 3.63) is 47.5 Å². The number of aryl methyl sites for hydroxylation is 2. The van der Waals surface area contributed by atoms with Gasteiger partial charge in [0.15, 0.2) is 0 Å². The summed E-state index contributed by atoms with van der Waals surface area (Å²) in [6, 6.07) is 3.93. The highest BCUT2D eigenvalue weighted by Crippen LogP contribution is 2.20. The molecule has 0 fully saturated rings. The van der Waals surface area contributed by atoms with Crippen molar-refractivity contribution >= 4 is 0 Å². The van der Waals surface area contributed by atoms with Crippen LogP contribution >= 0.6 is 0 Å². The van der Waals surface area contributed by atoms with Crippen LogP contribution in [0.3, 0.4) is 0 Å². The summed E-state index contributed by atoms with van der Waals surface area (Å²) in [7, 11) is 0. The van der Waals surface area contributed by atoms with E-state index in [1.54, 1.807) is 0 Å². The molecule has 0 aliphatic heterocycles. The van der Waals surface area contributed by atoms with E-state index in [2.05, 4.69) is 22.4 Å². The average molecular weight is 231 g/mol. The third-order valence-electron chi connectivity index (χ3n) is 2.74. The Morgan fingerprint density at radius 1 is 1.35 bits per heavy atom. The fraction of sp³-hybridized carbons (Fsp3) is 0.333. The third kappa shape index (κ3) is 2.51. The van der Waals surface area contributed by atoms with Crippen LogP contribution in [-0.2, 0) is 6.54 Å². The van der Waals surface area contributed by atoms with Crippen molar-refractivity contribution < 1.29 is 0 Å². The van der Waals surface area contributed by atoms with E-state index in [4.69, 9.17) is 5.84 Å². The van der Waals surface area contributed by atoms with E-state index < -0.39 is 0 Å². The molecule has 0 bridgehead atoms. The number of hydrazine groups is 1. The van der Waals surface area contributed by atoms with Crippen LogP contribution in [0.2, 0.25) is 0 Å². The van der Waals surface area contributed by atoms with E-state index in [0.29, 0.717) is 0 Å². The number of rotatable bonds is 4. The van der Waals surface area contributed by atoms with Crippen LogP contribution in [0.25, 0.3) is 0 Å². The largest absolute Gasteiger partial charge is 0.273 e. The molecule has 5 heteroatoms. The molecule has 0 saturated heterocycles. The number of aromatic nitrogens is 3. The molecule has 2 aromatic rings. The van der Waals surface area contributed by atoms with E-state index in [9.17, 15) is 0 Å². The van der Waals surface area contributed by atoms with Crippen molar-refractivity contribution in [2.45, 2.75) is 26.4 Å². The Hall–Kier alpha value is -1.72. The van der Waals surface area contributed by atoms with Gasteiger partial charge in [0, 0.05) is 30.2 Å². The molecule has 0 radical (unpaired) electrons. The molecular weight excluding hydrogens is 214 g/mol. The van der Waals surface area contributed by atoms with Gasteiger partial charge in [-0.15, -0.1) is 0 Å². The molecular formula is C12H17N5. The fourth-order valence-corrected chi connectivity index (χ4v) is 1.74. The fourth-order valence-electron chi connectivity index (χ4n) is 1.74. The van der Waals surface area contributed by atoms with Crippen molar-refractivity contribution in [2.75, 3.05) is 0 Å². The van der Waals surface area contributed by atoms with E-state index >= 15 is 0 Å². The van der Waals surface area contributed by atoms with Gasteiger partial charge < -0.3 is 0 Å². The second-order valence-corrected chi connectivity index (χ2v) is 3.96. The van der Waals surface area contributed by atoms with E-state index in [1.165, 1.54) is 0 Å². The zero-order chi connectivity index (χ0) is 12.3. The topological polar surface area (TPSA) is 68.8 Å². The number of hydrogen-bond donors (Lipinski definition) is 2. The standard InChI is InChI=1S/C12H17N5/c1-3-17-8-11(7-15-17)12(16-13)10-5-4-9(2)14-6-10/h4-8,12,16H,3,13H2,1-2H3. The summed E-state index contributed by atoms with van der Waals surface area (Å²) in [4.78, 5) is 4.28. The summed E-state index contributed by atoms with van der Waals surface area (Å²) in [5.74, 6) is 5.61. The molecule has 2 heterocycles. The van der Waals surface area contributed by atoms with Crippen LogP contribution < -0.4 is 11.3 Å². The highest BCUT2D eigenvalue weighted by atomic mass is 15.3. The van der Waals surface area contributed by atoms with Gasteiger partial charge in [0.2, 0.25) is 0 Å². The lowest BCUT2D eigenvalue weighted by Crippen LogP contribution is -2.28. The van der Waals surface area contributed by atoms with Gasteiger partial charge in [-0.05, 0) is 25.5 Å². The van der Waals surface area contributed by atoms with E-state index in [-0.39, 0.29) is 6.04 Å². The lowest BCUT2D eigenvalue weighted by molar-refractivity contribution is 0.628. The first kappa shape index (κ1) is 11.8. The van der Waals surface area contributed by atoms with Crippen LogP contribution in [-0.4, -0.2) is 14.8 Å². The van der Waals surface area contributed by atoms with Gasteiger partial charge in [0.25, 0.3) is 0 Å². The molecule has 1 atom stereocenters. The van der Waals surface area contributed by atoms with E-state index in [1.807, 2.05) is 42.3 Å². The van der Waals surface area contributed by atoms with Crippen molar-refractivity contribution in [1.29, 1.82) is 0 Å². The predicted octanol–water partition coefficient (Wildman–Crippen LogP) is 1.16. The minimum atomic E-state index is -0.0663. The molecule has 0 amide bonds. The second kappa shape index (κ2) is 5.07. The lowest BCUT2D eigenvalue weighted by atomic mass is 10.0. The number of hydrogen-bond acceptors (Lipinski definition) is 4. The summed E-state index contributed by atoms with van der Waals surface area (Å²) < 4.78 is 1.88. The molecule has 5 nitrogen and oxygen atoms in total. The highest BCUT2D eigenvalue weighted by molar-refractivity contribution is 5.27. The Morgan fingerprint density at radius 3 is 2.71 bits per heavy atom. The lowest BCUT2D eigenvalue weighted by Gasteiger charge is -2.14. The molecule has 90 valence electrons. The van der Waals surface area contributed by atoms with Gasteiger partial charge in [0.05, 0.1) is 12.2 Å². The van der Waals surface area contributed by atoms with E-state index in [0.717, 1.165) is 23.4 Å². The minimum absolute atomic E-state index is 0.0663. The van der Waals surface area contributed by atoms with Gasteiger partial charge in [0.1, 0.15) is 0 Å². The molecule has 0 aromatic carbocycles. The number of pyridine rings is 1. The van der Waals surface area contributed by atoms with Crippen LogP contribution in [0.5, 0.6) is 0 Å². The first-order chi connectivity index (χ1) is 8.24. The van der Waals surface area contributed by atoms with Crippen LogP contribution in [0.4, 0.5) is 0 Å². The van der Waals surface area contributed by atoms with Gasteiger partial charge in [-0.1, -0.05) is 6.07 Å². The normalized spacial score (nSPS) is 12.6. The first-order valence-corrected chi connectivity index (χ1v) is 5.65. The Labute approximate surface area is 101 Å². The monoisotopic (exact) mass is 231 g/mol. The highest BCUT2D eigenvalue weighted by Gasteiger charge is 2.14. The molecule has 2 rings (SSSR count). The first-order valence-electron chi connectivity index (χ1n) is 5.65. The SMILES string of the molecule is CCn1cc(C(NN)c2ccc(C)nc2)cn1. The molecule has 0 saturated carbocycles. The average Bonchev–Trinajstić information content (AvgIpc) is 2.81. The maximum Gasteiger partial charge on any atom is 0.0755 e. The quantitative estimate of drug-likeness (QED) is 0.612. The second-order valence-electron chi connectivity index (χ2n) is 3.96. The van der Waals surface area contributed by atoms with Crippen molar-refractivity contribution in [3.8, 4) is 0 Å². The Balaban J connectivity index is 2.29. The predicted molar refractivity (Wildman–Crippen MR) is 66.0 cm³/mol. The Morgan fingerprint density at radius 2 is 2.18 bits per heavy atom. The molecule has 17 heavy (non-hydrogen) atoms. The molecule has 2 aromatic heterocycles. The summed E-state index contributed by atoms with van der Waals surface area (Å²) >= 11 is 0. The summed E-state index contributed by atoms with van der Waals surface area (Å²) in [5, 5.41) is 4.25. The summed E-state index contributed by atoms with van der Waals surface area (Å²) in [6.07, 6.45) is 5.65. The molecule has 0 aliphatic rings. The molecule has 1 unspecified atom stereocenters. The summed E-state index contributed by atoms with van der Waals surface area (Å²) in [6.45, 7) is 4.86. The number of nitrogens with two attached hydrogens (primary N) is 1. The zero-order valence-electron chi connectivity index (χ0n) is 10.1. The summed E-state index contributed by atoms with van der Waals surface area (Å²) in [5.41, 5.74) is 5.87. The Kier molecular flexibility index (Phi) is 3.51. The molecule has 0 spiro atoms. The Bertz CT molecular complexity index is 474. The zero-order valence-corrected chi connectivity index (χ0v) is 10.1. The van der Waals surface area contributed by atoms with Crippen LogP contribution in [0, 0.1) is 6.92 Å². The third-order valence-corrected chi connectivity index (χ3v) is 2.74. The number of nitrogens with zero attached hydrogens (tertiary/aromatic N) is 3. The van der Waals surface area contributed by atoms with Gasteiger partial charge in [-0.2, -0.15) is 5.10 Å². The smallest absolute Gasteiger partial charge is 0.0755 e. The molecule has 3 N–H and O–H groups in total. The van der Waals surface area contributed by atoms with Crippen molar-refractivity contribution in [1.82, 2.24) is 20.2 Å². The van der Waals surface area contributed by atoms with Gasteiger partial charge in [-0.3, -0.25) is 15.5 Å². The van der Waals surface area contributed by atoms with Crippen molar-refractivity contribution in [2.24, 2.45) is 5.84 Å². The maximum atomic E-state index is 5.61.